The van der Waals surface area contributed by atoms with Gasteiger partial charge in [0.15, 0.2) is 0 Å². The maximum absolute atomic E-state index is 6.08. The van der Waals surface area contributed by atoms with E-state index in [9.17, 15) is 0 Å². The Kier molecular flexibility index (Phi) is 3.53. The van der Waals surface area contributed by atoms with E-state index in [0.29, 0.717) is 17.6 Å². The van der Waals surface area contributed by atoms with Crippen molar-refractivity contribution in [3.05, 3.63) is 24.2 Å². The minimum Gasteiger partial charge on any atom is -0.481 e. The molecule has 0 amide bonds. The molecule has 2 aromatic rings. The van der Waals surface area contributed by atoms with Crippen LogP contribution < -0.4 is 10.5 Å². The topological polar surface area (TPSA) is 87.1 Å². The molecule has 2 rings (SSSR count). The Morgan fingerprint density at radius 1 is 1.32 bits per heavy atom. The van der Waals surface area contributed by atoms with Crippen LogP contribution in [-0.2, 0) is 0 Å². The van der Waals surface area contributed by atoms with E-state index in [4.69, 9.17) is 15.0 Å². The zero-order valence-electron chi connectivity index (χ0n) is 11.5. The molecule has 0 aliphatic heterocycles. The summed E-state index contributed by atoms with van der Waals surface area (Å²) in [6.07, 6.45) is 1.63. The average molecular weight is 262 g/mol. The van der Waals surface area contributed by atoms with E-state index >= 15 is 0 Å². The predicted molar refractivity (Wildman–Crippen MR) is 70.5 cm³/mol. The summed E-state index contributed by atoms with van der Waals surface area (Å²) in [5, 5.41) is 3.93. The molecule has 2 N–H and O–H groups in total. The molecule has 1 atom stereocenters. The second-order valence-corrected chi connectivity index (χ2v) is 5.39. The molecule has 0 aliphatic rings. The molecule has 0 saturated carbocycles. The number of ether oxygens (including phenoxy) is 1. The van der Waals surface area contributed by atoms with Crippen LogP contribution in [-0.4, -0.2) is 22.2 Å². The van der Waals surface area contributed by atoms with Gasteiger partial charge in [-0.15, -0.1) is 0 Å². The van der Waals surface area contributed by atoms with Gasteiger partial charge in [-0.2, -0.15) is 4.98 Å². The van der Waals surface area contributed by atoms with Gasteiger partial charge in [-0.1, -0.05) is 25.9 Å². The van der Waals surface area contributed by atoms with Crippen LogP contribution in [0.15, 0.2) is 22.9 Å². The second kappa shape index (κ2) is 4.97. The van der Waals surface area contributed by atoms with E-state index in [1.165, 1.54) is 0 Å². The normalized spacial score (nSPS) is 13.3. The molecule has 0 radical (unpaired) electrons. The Bertz CT molecular complexity index is 543. The van der Waals surface area contributed by atoms with Crippen LogP contribution in [0.1, 0.15) is 32.7 Å². The average Bonchev–Trinajstić information content (AvgIpc) is 2.86. The number of nitrogens with zero attached hydrogens (tertiary/aromatic N) is 3. The van der Waals surface area contributed by atoms with E-state index < -0.39 is 0 Å². The van der Waals surface area contributed by atoms with Gasteiger partial charge in [0.05, 0.1) is 13.2 Å². The maximum Gasteiger partial charge on any atom is 0.244 e. The predicted octanol–water partition coefficient (Wildman–Crippen LogP) is 2.19. The van der Waals surface area contributed by atoms with Gasteiger partial charge in [-0.3, -0.25) is 0 Å². The minimum absolute atomic E-state index is 0.137. The highest BCUT2D eigenvalue weighted by Crippen LogP contribution is 2.30. The zero-order chi connectivity index (χ0) is 14.0. The fraction of sp³-hybridized carbons (Fsp3) is 0.462. The highest BCUT2D eigenvalue weighted by Gasteiger charge is 2.27. The third-order valence-electron chi connectivity index (χ3n) is 2.84. The number of methoxy groups -OCH3 is 1. The van der Waals surface area contributed by atoms with Gasteiger partial charge < -0.3 is 15.0 Å². The second-order valence-electron chi connectivity index (χ2n) is 5.39. The van der Waals surface area contributed by atoms with Gasteiger partial charge in [0.2, 0.25) is 17.6 Å². The molecular weight excluding hydrogens is 244 g/mol. The van der Waals surface area contributed by atoms with Gasteiger partial charge >= 0.3 is 0 Å². The summed E-state index contributed by atoms with van der Waals surface area (Å²) in [6.45, 7) is 6.07. The highest BCUT2D eigenvalue weighted by atomic mass is 16.5. The molecule has 2 aromatic heterocycles. The molecule has 0 saturated heterocycles. The Hall–Kier alpha value is -1.95. The fourth-order valence-corrected chi connectivity index (χ4v) is 1.48. The molecule has 0 bridgehead atoms. The molecule has 0 fully saturated rings. The quantitative estimate of drug-likeness (QED) is 0.912. The molecule has 0 unspecified atom stereocenters. The molecule has 2 heterocycles. The van der Waals surface area contributed by atoms with E-state index in [1.807, 2.05) is 26.8 Å². The van der Waals surface area contributed by atoms with Gasteiger partial charge in [0.1, 0.15) is 0 Å². The monoisotopic (exact) mass is 262 g/mol. The van der Waals surface area contributed by atoms with Crippen LogP contribution in [0.5, 0.6) is 5.88 Å². The lowest BCUT2D eigenvalue weighted by Gasteiger charge is -2.23. The smallest absolute Gasteiger partial charge is 0.244 e. The first-order valence-corrected chi connectivity index (χ1v) is 6.01. The minimum atomic E-state index is -0.306. The molecular formula is C13H18N4O2. The summed E-state index contributed by atoms with van der Waals surface area (Å²) in [4.78, 5) is 8.42. The largest absolute Gasteiger partial charge is 0.481 e. The first kappa shape index (κ1) is 13.5. The summed E-state index contributed by atoms with van der Waals surface area (Å²) < 4.78 is 10.2. The van der Waals surface area contributed by atoms with Gasteiger partial charge in [0, 0.05) is 17.8 Å². The summed E-state index contributed by atoms with van der Waals surface area (Å²) in [5.74, 6) is 1.45. The van der Waals surface area contributed by atoms with Crippen LogP contribution in [0.2, 0.25) is 0 Å². The SMILES string of the molecule is COc1ccc(-c2noc([C@@H](N)C(C)(C)C)n2)cn1. The Labute approximate surface area is 112 Å². The zero-order valence-corrected chi connectivity index (χ0v) is 11.5. The molecule has 6 heteroatoms. The van der Waals surface area contributed by atoms with Crippen LogP contribution in [0.3, 0.4) is 0 Å². The summed E-state index contributed by atoms with van der Waals surface area (Å²) in [7, 11) is 1.57. The highest BCUT2D eigenvalue weighted by molar-refractivity contribution is 5.53. The van der Waals surface area contributed by atoms with Crippen molar-refractivity contribution in [1.82, 2.24) is 15.1 Å². The molecule has 19 heavy (non-hydrogen) atoms. The summed E-state index contributed by atoms with van der Waals surface area (Å²) in [6, 6.07) is 3.26. The molecule has 0 aromatic carbocycles. The Morgan fingerprint density at radius 2 is 2.05 bits per heavy atom. The lowest BCUT2D eigenvalue weighted by atomic mass is 9.87. The molecule has 0 aliphatic carbocycles. The third kappa shape index (κ3) is 2.90. The van der Waals surface area contributed by atoms with Crippen LogP contribution >= 0.6 is 0 Å². The van der Waals surface area contributed by atoms with Gasteiger partial charge in [-0.05, 0) is 11.5 Å². The standard InChI is InChI=1S/C13H18N4O2/c1-13(2,3)10(14)12-16-11(17-19-12)8-5-6-9(18-4)15-7-8/h5-7,10H,14H2,1-4H3/t10-/m1/s1. The van der Waals surface area contributed by atoms with Crippen LogP contribution in [0, 0.1) is 5.41 Å². The van der Waals surface area contributed by atoms with Crippen molar-refractivity contribution in [2.24, 2.45) is 11.1 Å². The van der Waals surface area contributed by atoms with Crippen molar-refractivity contribution in [2.75, 3.05) is 7.11 Å². The summed E-state index contributed by atoms with van der Waals surface area (Å²) in [5.41, 5.74) is 6.70. The molecule has 6 nitrogen and oxygen atoms in total. The van der Waals surface area contributed by atoms with Crippen LogP contribution in [0.25, 0.3) is 11.4 Å². The fourth-order valence-electron chi connectivity index (χ4n) is 1.48. The van der Waals surface area contributed by atoms with E-state index in [-0.39, 0.29) is 11.5 Å². The Balaban J connectivity index is 2.25. The van der Waals surface area contributed by atoms with E-state index in [2.05, 4.69) is 15.1 Å². The Morgan fingerprint density at radius 3 is 2.58 bits per heavy atom. The van der Waals surface area contributed by atoms with Crippen molar-refractivity contribution in [3.8, 4) is 17.3 Å². The lowest BCUT2D eigenvalue weighted by Crippen LogP contribution is -2.26. The van der Waals surface area contributed by atoms with Crippen molar-refractivity contribution in [2.45, 2.75) is 26.8 Å². The number of pyridine rings is 1. The first-order valence-electron chi connectivity index (χ1n) is 6.01. The number of nitrogens with two attached hydrogens (primary N) is 1. The van der Waals surface area contributed by atoms with Crippen molar-refractivity contribution in [1.29, 1.82) is 0 Å². The molecule has 102 valence electrons. The van der Waals surface area contributed by atoms with Crippen LogP contribution in [0.4, 0.5) is 0 Å². The van der Waals surface area contributed by atoms with Crippen molar-refractivity contribution >= 4 is 0 Å². The number of hydrogen-bond acceptors (Lipinski definition) is 6. The first-order chi connectivity index (χ1) is 8.91. The van der Waals surface area contributed by atoms with Gasteiger partial charge in [0.25, 0.3) is 0 Å². The number of hydrogen-bond donors (Lipinski definition) is 1. The van der Waals surface area contributed by atoms with E-state index in [0.717, 1.165) is 5.56 Å². The van der Waals surface area contributed by atoms with Crippen molar-refractivity contribution in [3.63, 3.8) is 0 Å². The number of rotatable bonds is 3. The van der Waals surface area contributed by atoms with E-state index in [1.54, 1.807) is 19.4 Å². The number of aromatic nitrogens is 3. The molecule has 0 spiro atoms. The van der Waals surface area contributed by atoms with Crippen molar-refractivity contribution < 1.29 is 9.26 Å². The lowest BCUT2D eigenvalue weighted by molar-refractivity contribution is 0.253. The third-order valence-corrected chi connectivity index (χ3v) is 2.84. The summed E-state index contributed by atoms with van der Waals surface area (Å²) >= 11 is 0. The van der Waals surface area contributed by atoms with Gasteiger partial charge in [-0.25, -0.2) is 4.98 Å². The maximum atomic E-state index is 6.08.